The van der Waals surface area contributed by atoms with Crippen LogP contribution in [0.2, 0.25) is 0 Å². The van der Waals surface area contributed by atoms with Crippen molar-refractivity contribution in [3.63, 3.8) is 0 Å². The predicted molar refractivity (Wildman–Crippen MR) is 102 cm³/mol. The van der Waals surface area contributed by atoms with Crippen LogP contribution in [0.1, 0.15) is 37.1 Å². The third-order valence-electron chi connectivity index (χ3n) is 5.09. The molecule has 4 rings (SSSR count). The molecule has 0 bridgehead atoms. The van der Waals surface area contributed by atoms with E-state index >= 15 is 0 Å². The first-order chi connectivity index (χ1) is 12.6. The Morgan fingerprint density at radius 2 is 2.19 bits per heavy atom. The molecule has 1 aromatic carbocycles. The lowest BCUT2D eigenvalue weighted by molar-refractivity contribution is -0.121. The Labute approximate surface area is 155 Å². The molecule has 26 heavy (non-hydrogen) atoms. The number of benzene rings is 1. The lowest BCUT2D eigenvalue weighted by Gasteiger charge is -2.34. The van der Waals surface area contributed by atoms with Crippen LogP contribution in [0.4, 0.5) is 5.13 Å². The molecule has 0 aliphatic carbocycles. The zero-order valence-electron chi connectivity index (χ0n) is 14.9. The number of aryl methyl sites for hydroxylation is 1. The van der Waals surface area contributed by atoms with Gasteiger partial charge in [-0.3, -0.25) is 15.0 Å². The highest BCUT2D eigenvalue weighted by Crippen LogP contribution is 2.29. The van der Waals surface area contributed by atoms with Crippen LogP contribution >= 0.6 is 11.3 Å². The second-order valence-electron chi connectivity index (χ2n) is 6.86. The third kappa shape index (κ3) is 3.47. The number of piperidine rings is 1. The van der Waals surface area contributed by atoms with Gasteiger partial charge >= 0.3 is 0 Å². The Hall–Kier alpha value is -2.32. The molecule has 1 unspecified atom stereocenters. The van der Waals surface area contributed by atoms with Gasteiger partial charge in [-0.25, -0.2) is 4.98 Å². The van der Waals surface area contributed by atoms with Gasteiger partial charge in [0, 0.05) is 5.92 Å². The number of nitrogens with one attached hydrogen (secondary N) is 2. The fraction of sp³-hybridized carbons (Fsp3) is 0.444. The SMILES string of the molecule is Cc1ccc2nc(C3CCN(C(C)C(=O)Nc4nncs4)CC3)[nH]c2c1. The highest BCUT2D eigenvalue weighted by Gasteiger charge is 2.28. The van der Waals surface area contributed by atoms with E-state index in [-0.39, 0.29) is 11.9 Å². The monoisotopic (exact) mass is 370 g/mol. The quantitative estimate of drug-likeness (QED) is 0.737. The van der Waals surface area contributed by atoms with Gasteiger partial charge in [-0.1, -0.05) is 17.4 Å². The van der Waals surface area contributed by atoms with E-state index in [1.807, 2.05) is 6.92 Å². The van der Waals surface area contributed by atoms with E-state index in [4.69, 9.17) is 4.98 Å². The largest absolute Gasteiger partial charge is 0.342 e. The minimum absolute atomic E-state index is 0.0283. The average Bonchev–Trinajstić information content (AvgIpc) is 3.30. The number of aromatic nitrogens is 4. The summed E-state index contributed by atoms with van der Waals surface area (Å²) in [6.07, 6.45) is 1.99. The van der Waals surface area contributed by atoms with Gasteiger partial charge in [-0.2, -0.15) is 0 Å². The first kappa shape index (κ1) is 17.1. The molecular weight excluding hydrogens is 348 g/mol. The second kappa shape index (κ2) is 7.13. The number of rotatable bonds is 4. The van der Waals surface area contributed by atoms with Crippen molar-refractivity contribution in [1.29, 1.82) is 0 Å². The summed E-state index contributed by atoms with van der Waals surface area (Å²) >= 11 is 1.33. The lowest BCUT2D eigenvalue weighted by atomic mass is 9.95. The maximum absolute atomic E-state index is 12.4. The number of nitrogens with zero attached hydrogens (tertiary/aromatic N) is 4. The Kier molecular flexibility index (Phi) is 4.69. The van der Waals surface area contributed by atoms with E-state index in [0.29, 0.717) is 11.0 Å². The van der Waals surface area contributed by atoms with Crippen molar-refractivity contribution in [2.45, 2.75) is 38.6 Å². The Morgan fingerprint density at radius 1 is 1.38 bits per heavy atom. The molecule has 0 radical (unpaired) electrons. The van der Waals surface area contributed by atoms with Crippen molar-refractivity contribution in [3.8, 4) is 0 Å². The van der Waals surface area contributed by atoms with Crippen molar-refractivity contribution in [1.82, 2.24) is 25.1 Å². The molecule has 1 aliphatic rings. The first-order valence-electron chi connectivity index (χ1n) is 8.87. The maximum atomic E-state index is 12.4. The van der Waals surface area contributed by atoms with Crippen LogP contribution in [0.15, 0.2) is 23.7 Å². The van der Waals surface area contributed by atoms with Crippen molar-refractivity contribution < 1.29 is 4.79 Å². The van der Waals surface area contributed by atoms with Crippen LogP contribution in [0.3, 0.4) is 0 Å². The zero-order valence-corrected chi connectivity index (χ0v) is 15.7. The number of likely N-dealkylation sites (tertiary alicyclic amines) is 1. The minimum Gasteiger partial charge on any atom is -0.342 e. The zero-order chi connectivity index (χ0) is 18.1. The van der Waals surface area contributed by atoms with Gasteiger partial charge in [0.1, 0.15) is 11.3 Å². The summed E-state index contributed by atoms with van der Waals surface area (Å²) in [6, 6.07) is 6.12. The highest BCUT2D eigenvalue weighted by atomic mass is 32.1. The molecule has 0 spiro atoms. The molecule has 8 heteroatoms. The molecule has 7 nitrogen and oxygen atoms in total. The topological polar surface area (TPSA) is 86.8 Å². The molecule has 2 aromatic heterocycles. The predicted octanol–water partition coefficient (Wildman–Crippen LogP) is 2.93. The summed E-state index contributed by atoms with van der Waals surface area (Å²) in [4.78, 5) is 22.8. The summed E-state index contributed by atoms with van der Waals surface area (Å²) in [5.74, 6) is 1.45. The van der Waals surface area contributed by atoms with Gasteiger partial charge in [-0.05, 0) is 57.5 Å². The molecule has 3 aromatic rings. The van der Waals surface area contributed by atoms with E-state index in [1.54, 1.807) is 5.51 Å². The summed E-state index contributed by atoms with van der Waals surface area (Å²) in [7, 11) is 0. The number of aromatic amines is 1. The number of imidazole rings is 1. The molecule has 1 amide bonds. The summed E-state index contributed by atoms with van der Waals surface area (Å²) in [5, 5.41) is 11.0. The molecule has 136 valence electrons. The fourth-order valence-electron chi connectivity index (χ4n) is 3.50. The smallest absolute Gasteiger partial charge is 0.243 e. The number of amides is 1. The standard InChI is InChI=1S/C18H22N6OS/c1-11-3-4-14-15(9-11)21-16(20-14)13-5-7-24(8-6-13)12(2)17(25)22-18-23-19-10-26-18/h3-4,9-10,12-13H,5-8H2,1-2H3,(H,20,21)(H,22,23,25). The van der Waals surface area contributed by atoms with E-state index in [1.165, 1.54) is 16.9 Å². The highest BCUT2D eigenvalue weighted by molar-refractivity contribution is 7.13. The van der Waals surface area contributed by atoms with Crippen molar-refractivity contribution in [3.05, 3.63) is 35.1 Å². The van der Waals surface area contributed by atoms with Crippen LogP contribution < -0.4 is 5.32 Å². The van der Waals surface area contributed by atoms with Gasteiger partial charge in [0.2, 0.25) is 11.0 Å². The Balaban J connectivity index is 1.37. The maximum Gasteiger partial charge on any atom is 0.243 e. The molecule has 1 fully saturated rings. The molecule has 3 heterocycles. The number of fused-ring (bicyclic) bond motifs is 1. The normalized spacial score (nSPS) is 17.5. The fourth-order valence-corrected chi connectivity index (χ4v) is 3.95. The third-order valence-corrected chi connectivity index (χ3v) is 5.70. The average molecular weight is 370 g/mol. The Morgan fingerprint density at radius 3 is 2.92 bits per heavy atom. The summed E-state index contributed by atoms with van der Waals surface area (Å²) in [6.45, 7) is 5.80. The van der Waals surface area contributed by atoms with Gasteiger partial charge in [0.25, 0.3) is 0 Å². The Bertz CT molecular complexity index is 898. The van der Waals surface area contributed by atoms with Crippen LogP contribution in [-0.2, 0) is 4.79 Å². The van der Waals surface area contributed by atoms with E-state index in [2.05, 4.69) is 50.5 Å². The van der Waals surface area contributed by atoms with Crippen molar-refractivity contribution >= 4 is 33.4 Å². The molecule has 0 saturated carbocycles. The molecule has 1 aliphatic heterocycles. The van der Waals surface area contributed by atoms with Gasteiger partial charge in [0.05, 0.1) is 17.1 Å². The number of H-pyrrole nitrogens is 1. The number of carbonyl (C=O) groups is 1. The van der Waals surface area contributed by atoms with Crippen LogP contribution in [0, 0.1) is 6.92 Å². The molecule has 1 atom stereocenters. The van der Waals surface area contributed by atoms with Gasteiger partial charge < -0.3 is 4.98 Å². The van der Waals surface area contributed by atoms with E-state index in [0.717, 1.165) is 42.8 Å². The van der Waals surface area contributed by atoms with E-state index < -0.39 is 0 Å². The number of anilines is 1. The van der Waals surface area contributed by atoms with Crippen LogP contribution in [0.25, 0.3) is 11.0 Å². The number of hydrogen-bond donors (Lipinski definition) is 2. The van der Waals surface area contributed by atoms with Crippen LogP contribution in [-0.4, -0.2) is 50.1 Å². The first-order valence-corrected chi connectivity index (χ1v) is 9.75. The molecule has 2 N–H and O–H groups in total. The molecule has 1 saturated heterocycles. The van der Waals surface area contributed by atoms with Gasteiger partial charge in [0.15, 0.2) is 0 Å². The molecular formula is C18H22N6OS. The summed E-state index contributed by atoms with van der Waals surface area (Å²) < 4.78 is 0. The minimum atomic E-state index is -0.182. The van der Waals surface area contributed by atoms with Gasteiger partial charge in [-0.15, -0.1) is 10.2 Å². The summed E-state index contributed by atoms with van der Waals surface area (Å²) in [5.41, 5.74) is 4.98. The van der Waals surface area contributed by atoms with E-state index in [9.17, 15) is 4.79 Å². The van der Waals surface area contributed by atoms with Crippen molar-refractivity contribution in [2.24, 2.45) is 0 Å². The number of hydrogen-bond acceptors (Lipinski definition) is 6. The lowest BCUT2D eigenvalue weighted by Crippen LogP contribution is -2.45. The number of carbonyl (C=O) groups excluding carboxylic acids is 1. The van der Waals surface area contributed by atoms with Crippen LogP contribution in [0.5, 0.6) is 0 Å². The van der Waals surface area contributed by atoms with Crippen molar-refractivity contribution in [2.75, 3.05) is 18.4 Å². The second-order valence-corrected chi connectivity index (χ2v) is 7.70.